The van der Waals surface area contributed by atoms with E-state index in [0.29, 0.717) is 17.9 Å². The number of benzene rings is 1. The number of carbonyl (C=O) groups is 1. The maximum atomic E-state index is 13.9. The van der Waals surface area contributed by atoms with Crippen LogP contribution < -0.4 is 0 Å². The van der Waals surface area contributed by atoms with Crippen molar-refractivity contribution in [2.24, 2.45) is 11.8 Å². The molecule has 1 aromatic rings. The summed E-state index contributed by atoms with van der Waals surface area (Å²) in [5.41, 5.74) is 0.939. The third-order valence-electron chi connectivity index (χ3n) is 6.22. The lowest BCUT2D eigenvalue weighted by atomic mass is 9.89. The lowest BCUT2D eigenvalue weighted by Gasteiger charge is -2.35. The number of fused-ring (bicyclic) bond motifs is 1. The largest absolute Gasteiger partial charge is 0.331 e. The topological polar surface area (TPSA) is 26.8 Å². The molecule has 4 rings (SSSR count). The van der Waals surface area contributed by atoms with Gasteiger partial charge in [-0.1, -0.05) is 12.1 Å². The van der Waals surface area contributed by atoms with Crippen LogP contribution in [0.4, 0.5) is 9.18 Å². The van der Waals surface area contributed by atoms with Crippen molar-refractivity contribution in [2.75, 3.05) is 45.2 Å². The molecule has 142 valence electrons. The number of halogens is 1. The van der Waals surface area contributed by atoms with Crippen molar-refractivity contribution in [3.8, 4) is 0 Å². The molecule has 4 nitrogen and oxygen atoms in total. The molecule has 0 spiro atoms. The number of urea groups is 1. The second-order valence-corrected chi connectivity index (χ2v) is 9.28. The summed E-state index contributed by atoms with van der Waals surface area (Å²) >= 11 is 2.06. The van der Waals surface area contributed by atoms with Crippen LogP contribution in [0.3, 0.4) is 0 Å². The quantitative estimate of drug-likeness (QED) is 0.791. The van der Waals surface area contributed by atoms with Gasteiger partial charge in [0, 0.05) is 45.7 Å². The van der Waals surface area contributed by atoms with Gasteiger partial charge in [0.05, 0.1) is 6.04 Å². The summed E-state index contributed by atoms with van der Waals surface area (Å²) < 4.78 is 13.9. The van der Waals surface area contributed by atoms with Gasteiger partial charge in [-0.15, -0.1) is 0 Å². The SMILES string of the molecule is CN(C)C(=O)N1C[C@H]2CN(C3CCSCC3)C[C@H]2[C@H]1c1cccc(F)c1. The van der Waals surface area contributed by atoms with Gasteiger partial charge in [0.1, 0.15) is 5.82 Å². The first-order chi connectivity index (χ1) is 12.5. The van der Waals surface area contributed by atoms with Crippen LogP contribution in [0.5, 0.6) is 0 Å². The van der Waals surface area contributed by atoms with E-state index in [0.717, 1.165) is 25.2 Å². The van der Waals surface area contributed by atoms with Crippen LogP contribution in [0.1, 0.15) is 24.4 Å². The number of hydrogen-bond acceptors (Lipinski definition) is 3. The van der Waals surface area contributed by atoms with Gasteiger partial charge in [-0.2, -0.15) is 11.8 Å². The Labute approximate surface area is 159 Å². The summed E-state index contributed by atoms with van der Waals surface area (Å²) in [5.74, 6) is 3.18. The zero-order valence-corrected chi connectivity index (χ0v) is 16.4. The molecule has 0 aromatic heterocycles. The van der Waals surface area contributed by atoms with Crippen LogP contribution in [0.2, 0.25) is 0 Å². The van der Waals surface area contributed by atoms with Crippen LogP contribution in [-0.4, -0.2) is 72.0 Å². The van der Waals surface area contributed by atoms with E-state index < -0.39 is 0 Å². The molecule has 3 atom stereocenters. The molecule has 1 aromatic carbocycles. The maximum absolute atomic E-state index is 13.9. The Bertz CT molecular complexity index is 664. The fourth-order valence-corrected chi connectivity index (χ4v) is 6.08. The molecule has 0 aliphatic carbocycles. The molecule has 3 fully saturated rings. The normalized spacial score (nSPS) is 29.8. The molecule has 6 heteroatoms. The fourth-order valence-electron chi connectivity index (χ4n) is 5.00. The molecule has 2 amide bonds. The standard InChI is InChI=1S/C20H28FN3OS/c1-22(2)20(25)24-12-15-11-23(17-6-8-26-9-7-17)13-18(15)19(24)14-4-3-5-16(21)10-14/h3-5,10,15,17-19H,6-9,11-13H2,1-2H3/t15-,18-,19-/m1/s1. The van der Waals surface area contributed by atoms with Gasteiger partial charge in [0.2, 0.25) is 0 Å². The van der Waals surface area contributed by atoms with Crippen molar-refractivity contribution in [3.05, 3.63) is 35.6 Å². The highest BCUT2D eigenvalue weighted by atomic mass is 32.2. The first-order valence-corrected chi connectivity index (χ1v) is 10.7. The van der Waals surface area contributed by atoms with Gasteiger partial charge in [-0.25, -0.2) is 9.18 Å². The highest BCUT2D eigenvalue weighted by molar-refractivity contribution is 7.99. The third-order valence-corrected chi connectivity index (χ3v) is 7.27. The van der Waals surface area contributed by atoms with Gasteiger partial charge in [-0.3, -0.25) is 4.90 Å². The van der Waals surface area contributed by atoms with E-state index in [4.69, 9.17) is 0 Å². The molecule has 0 radical (unpaired) electrons. The van der Waals surface area contributed by atoms with E-state index in [1.54, 1.807) is 31.1 Å². The summed E-state index contributed by atoms with van der Waals surface area (Å²) in [6, 6.07) is 7.54. The number of amides is 2. The van der Waals surface area contributed by atoms with Crippen molar-refractivity contribution in [1.82, 2.24) is 14.7 Å². The minimum Gasteiger partial charge on any atom is -0.331 e. The fraction of sp³-hybridized carbons (Fsp3) is 0.650. The van der Waals surface area contributed by atoms with Gasteiger partial charge in [0.25, 0.3) is 0 Å². The zero-order valence-electron chi connectivity index (χ0n) is 15.6. The second kappa shape index (κ2) is 7.39. The van der Waals surface area contributed by atoms with Crippen LogP contribution in [-0.2, 0) is 0 Å². The summed E-state index contributed by atoms with van der Waals surface area (Å²) in [7, 11) is 3.59. The van der Waals surface area contributed by atoms with Crippen LogP contribution in [0, 0.1) is 17.7 Å². The Morgan fingerprint density at radius 3 is 2.65 bits per heavy atom. The van der Waals surface area contributed by atoms with Gasteiger partial charge < -0.3 is 9.80 Å². The van der Waals surface area contributed by atoms with Gasteiger partial charge in [-0.05, 0) is 48.0 Å². The smallest absolute Gasteiger partial charge is 0.320 e. The number of carbonyl (C=O) groups excluding carboxylic acids is 1. The molecule has 3 saturated heterocycles. The molecule has 0 saturated carbocycles. The molecule has 0 N–H and O–H groups in total. The second-order valence-electron chi connectivity index (χ2n) is 8.05. The average molecular weight is 378 g/mol. The first-order valence-electron chi connectivity index (χ1n) is 9.60. The number of likely N-dealkylation sites (tertiary alicyclic amines) is 2. The van der Waals surface area contributed by atoms with Crippen molar-refractivity contribution in [2.45, 2.75) is 24.9 Å². The van der Waals surface area contributed by atoms with E-state index >= 15 is 0 Å². The molecular weight excluding hydrogens is 349 g/mol. The van der Waals surface area contributed by atoms with Crippen molar-refractivity contribution < 1.29 is 9.18 Å². The molecule has 3 heterocycles. The minimum atomic E-state index is -0.220. The number of thioether (sulfide) groups is 1. The minimum absolute atomic E-state index is 0.0198. The zero-order chi connectivity index (χ0) is 18.3. The molecular formula is C20H28FN3OS. The first kappa shape index (κ1) is 18.1. The molecule has 3 aliphatic heterocycles. The summed E-state index contributed by atoms with van der Waals surface area (Å²) in [6.07, 6.45) is 2.55. The predicted octanol–water partition coefficient (Wildman–Crippen LogP) is 3.31. The number of hydrogen-bond donors (Lipinski definition) is 0. The Kier molecular flexibility index (Phi) is 5.15. The molecule has 0 bridgehead atoms. The summed E-state index contributed by atoms with van der Waals surface area (Å²) in [4.78, 5) is 19.0. The molecule has 3 aliphatic rings. The number of rotatable bonds is 2. The Hall–Kier alpha value is -1.27. The number of nitrogens with zero attached hydrogens (tertiary/aromatic N) is 3. The maximum Gasteiger partial charge on any atom is 0.320 e. The lowest BCUT2D eigenvalue weighted by Crippen LogP contribution is -2.43. The van der Waals surface area contributed by atoms with Crippen LogP contribution in [0.25, 0.3) is 0 Å². The predicted molar refractivity (Wildman–Crippen MR) is 104 cm³/mol. The van der Waals surface area contributed by atoms with Gasteiger partial charge >= 0.3 is 6.03 Å². The van der Waals surface area contributed by atoms with E-state index in [2.05, 4.69) is 16.7 Å². The van der Waals surface area contributed by atoms with E-state index in [1.165, 1.54) is 30.4 Å². The highest BCUT2D eigenvalue weighted by Crippen LogP contribution is 2.46. The van der Waals surface area contributed by atoms with E-state index in [-0.39, 0.29) is 17.9 Å². The van der Waals surface area contributed by atoms with Gasteiger partial charge in [0.15, 0.2) is 0 Å². The highest BCUT2D eigenvalue weighted by Gasteiger charge is 2.50. The van der Waals surface area contributed by atoms with Crippen molar-refractivity contribution >= 4 is 17.8 Å². The van der Waals surface area contributed by atoms with Crippen LogP contribution >= 0.6 is 11.8 Å². The molecule has 26 heavy (non-hydrogen) atoms. The molecule has 0 unspecified atom stereocenters. The Morgan fingerprint density at radius 1 is 1.19 bits per heavy atom. The third kappa shape index (κ3) is 3.33. The van der Waals surface area contributed by atoms with Crippen molar-refractivity contribution in [3.63, 3.8) is 0 Å². The van der Waals surface area contributed by atoms with E-state index in [1.807, 2.05) is 11.0 Å². The Balaban J connectivity index is 1.59. The van der Waals surface area contributed by atoms with Crippen molar-refractivity contribution in [1.29, 1.82) is 0 Å². The summed E-state index contributed by atoms with van der Waals surface area (Å²) in [5, 5.41) is 0. The lowest BCUT2D eigenvalue weighted by molar-refractivity contribution is 0.143. The van der Waals surface area contributed by atoms with Crippen LogP contribution in [0.15, 0.2) is 24.3 Å². The van der Waals surface area contributed by atoms with E-state index in [9.17, 15) is 9.18 Å². The monoisotopic (exact) mass is 377 g/mol. The Morgan fingerprint density at radius 2 is 1.96 bits per heavy atom. The summed E-state index contributed by atoms with van der Waals surface area (Å²) in [6.45, 7) is 2.88. The average Bonchev–Trinajstić information content (AvgIpc) is 3.19.